The van der Waals surface area contributed by atoms with Gasteiger partial charge in [-0.05, 0) is 32.1 Å². The quantitative estimate of drug-likeness (QED) is 0.916. The minimum atomic E-state index is 0.157. The van der Waals surface area contributed by atoms with E-state index in [1.165, 1.54) is 0 Å². The van der Waals surface area contributed by atoms with Crippen LogP contribution in [0.4, 0.5) is 5.82 Å². The second-order valence-corrected chi connectivity index (χ2v) is 5.53. The van der Waals surface area contributed by atoms with Crippen LogP contribution in [0, 0.1) is 0 Å². The maximum absolute atomic E-state index is 11.4. The van der Waals surface area contributed by atoms with Crippen molar-refractivity contribution in [1.82, 2.24) is 14.9 Å². The van der Waals surface area contributed by atoms with Gasteiger partial charge in [-0.2, -0.15) is 0 Å². The third-order valence-corrected chi connectivity index (χ3v) is 4.18. The Hall–Kier alpha value is -1.65. The molecule has 2 rings (SSSR count). The lowest BCUT2D eigenvalue weighted by Crippen LogP contribution is -2.40. The molecular weight excluding hydrogens is 252 g/mol. The average molecular weight is 276 g/mol. The van der Waals surface area contributed by atoms with Crippen molar-refractivity contribution < 1.29 is 4.79 Å². The molecule has 1 saturated carbocycles. The van der Waals surface area contributed by atoms with Crippen molar-refractivity contribution >= 4 is 11.7 Å². The average Bonchev–Trinajstić information content (AvgIpc) is 2.47. The van der Waals surface area contributed by atoms with Gasteiger partial charge in [0.15, 0.2) is 0 Å². The molecule has 0 aliphatic heterocycles. The van der Waals surface area contributed by atoms with Crippen molar-refractivity contribution in [3.05, 3.63) is 18.1 Å². The van der Waals surface area contributed by atoms with E-state index in [1.807, 2.05) is 18.0 Å². The first kappa shape index (κ1) is 14.8. The highest BCUT2D eigenvalue weighted by Gasteiger charge is 2.25. The van der Waals surface area contributed by atoms with Crippen LogP contribution in [-0.4, -0.2) is 39.9 Å². The second kappa shape index (κ2) is 6.68. The van der Waals surface area contributed by atoms with Crippen LogP contribution in [0.25, 0.3) is 0 Å². The normalized spacial score (nSPS) is 22.4. The van der Waals surface area contributed by atoms with E-state index < -0.39 is 0 Å². The number of aryl methyl sites for hydroxylation is 1. The molecule has 0 atom stereocenters. The molecule has 1 amide bonds. The summed E-state index contributed by atoms with van der Waals surface area (Å²) in [7, 11) is 1.90. The summed E-state index contributed by atoms with van der Waals surface area (Å²) >= 11 is 0. The van der Waals surface area contributed by atoms with Gasteiger partial charge in [-0.1, -0.05) is 6.92 Å². The highest BCUT2D eigenvalue weighted by molar-refractivity contribution is 5.73. The third kappa shape index (κ3) is 3.68. The van der Waals surface area contributed by atoms with Gasteiger partial charge in [0.25, 0.3) is 0 Å². The summed E-state index contributed by atoms with van der Waals surface area (Å²) in [6.07, 6.45) is 6.81. The van der Waals surface area contributed by atoms with Gasteiger partial charge in [0.05, 0.1) is 0 Å². The van der Waals surface area contributed by atoms with E-state index in [4.69, 9.17) is 0 Å². The summed E-state index contributed by atoms with van der Waals surface area (Å²) in [6.45, 7) is 3.73. The zero-order valence-electron chi connectivity index (χ0n) is 12.6. The van der Waals surface area contributed by atoms with Crippen LogP contribution in [0.5, 0.6) is 0 Å². The van der Waals surface area contributed by atoms with Crippen LogP contribution in [0.2, 0.25) is 0 Å². The fourth-order valence-electron chi connectivity index (χ4n) is 2.74. The fraction of sp³-hybridized carbons (Fsp3) is 0.667. The fourth-order valence-corrected chi connectivity index (χ4v) is 2.74. The lowest BCUT2D eigenvalue weighted by atomic mass is 9.90. The topological polar surface area (TPSA) is 58.1 Å². The van der Waals surface area contributed by atoms with E-state index in [0.717, 1.165) is 43.6 Å². The lowest BCUT2D eigenvalue weighted by Gasteiger charge is -2.34. The van der Waals surface area contributed by atoms with Crippen molar-refractivity contribution in [3.8, 4) is 0 Å². The van der Waals surface area contributed by atoms with Gasteiger partial charge >= 0.3 is 0 Å². The Morgan fingerprint density at radius 3 is 2.65 bits per heavy atom. The second-order valence-electron chi connectivity index (χ2n) is 5.53. The van der Waals surface area contributed by atoms with Gasteiger partial charge in [-0.15, -0.1) is 0 Å². The molecule has 1 fully saturated rings. The van der Waals surface area contributed by atoms with Crippen LogP contribution in [0.1, 0.15) is 45.2 Å². The summed E-state index contributed by atoms with van der Waals surface area (Å²) in [5.74, 6) is 1.07. The van der Waals surface area contributed by atoms with E-state index in [-0.39, 0.29) is 5.91 Å². The first-order chi connectivity index (χ1) is 9.60. The summed E-state index contributed by atoms with van der Waals surface area (Å²) in [6, 6.07) is 2.86. The third-order valence-electron chi connectivity index (χ3n) is 4.18. The predicted molar refractivity (Wildman–Crippen MR) is 79.5 cm³/mol. The zero-order chi connectivity index (χ0) is 14.5. The van der Waals surface area contributed by atoms with E-state index in [1.54, 1.807) is 13.3 Å². The Morgan fingerprint density at radius 1 is 1.35 bits per heavy atom. The molecule has 110 valence electrons. The lowest BCUT2D eigenvalue weighted by molar-refractivity contribution is -0.130. The van der Waals surface area contributed by atoms with Gasteiger partial charge in [-0.25, -0.2) is 9.97 Å². The number of hydrogen-bond donors (Lipinski definition) is 1. The van der Waals surface area contributed by atoms with Crippen molar-refractivity contribution in [2.24, 2.45) is 0 Å². The molecule has 0 radical (unpaired) electrons. The van der Waals surface area contributed by atoms with Gasteiger partial charge < -0.3 is 10.2 Å². The summed E-state index contributed by atoms with van der Waals surface area (Å²) in [4.78, 5) is 21.7. The largest absolute Gasteiger partial charge is 0.367 e. The van der Waals surface area contributed by atoms with Gasteiger partial charge in [0, 0.05) is 37.8 Å². The molecule has 1 aromatic rings. The molecule has 1 aromatic heterocycles. The van der Waals surface area contributed by atoms with Gasteiger partial charge in [-0.3, -0.25) is 4.79 Å². The molecule has 1 aliphatic carbocycles. The zero-order valence-corrected chi connectivity index (χ0v) is 12.6. The van der Waals surface area contributed by atoms with Gasteiger partial charge in [0.2, 0.25) is 5.91 Å². The molecule has 0 aromatic carbocycles. The highest BCUT2D eigenvalue weighted by Crippen LogP contribution is 2.24. The Morgan fingerprint density at radius 2 is 2.05 bits per heavy atom. The number of carbonyl (C=O) groups excluding carboxylic acids is 1. The van der Waals surface area contributed by atoms with Crippen molar-refractivity contribution in [3.63, 3.8) is 0 Å². The van der Waals surface area contributed by atoms with E-state index in [9.17, 15) is 4.79 Å². The first-order valence-corrected chi connectivity index (χ1v) is 7.41. The minimum absolute atomic E-state index is 0.157. The number of anilines is 1. The molecule has 20 heavy (non-hydrogen) atoms. The summed E-state index contributed by atoms with van der Waals surface area (Å²) < 4.78 is 0. The summed E-state index contributed by atoms with van der Waals surface area (Å²) in [5, 5.41) is 3.49. The minimum Gasteiger partial charge on any atom is -0.367 e. The molecule has 5 nitrogen and oxygen atoms in total. The molecule has 5 heteroatoms. The maximum atomic E-state index is 11.4. The van der Waals surface area contributed by atoms with Crippen LogP contribution in [0.15, 0.2) is 12.4 Å². The van der Waals surface area contributed by atoms with E-state index in [2.05, 4.69) is 22.2 Å². The number of hydrogen-bond acceptors (Lipinski definition) is 4. The number of amides is 1. The number of carbonyl (C=O) groups is 1. The molecular formula is C15H24N4O. The van der Waals surface area contributed by atoms with Crippen LogP contribution >= 0.6 is 0 Å². The van der Waals surface area contributed by atoms with Crippen molar-refractivity contribution in [2.75, 3.05) is 12.4 Å². The number of nitrogens with one attached hydrogen (secondary N) is 1. The summed E-state index contributed by atoms with van der Waals surface area (Å²) in [5.41, 5.74) is 1.06. The Bertz CT molecular complexity index is 455. The number of nitrogens with zero attached hydrogens (tertiary/aromatic N) is 3. The molecule has 0 spiro atoms. The molecule has 1 aliphatic rings. The highest BCUT2D eigenvalue weighted by atomic mass is 16.2. The number of rotatable bonds is 4. The monoisotopic (exact) mass is 276 g/mol. The number of aromatic nitrogens is 2. The van der Waals surface area contributed by atoms with Crippen LogP contribution in [0.3, 0.4) is 0 Å². The van der Waals surface area contributed by atoms with Crippen LogP contribution < -0.4 is 5.32 Å². The molecule has 0 saturated heterocycles. The predicted octanol–water partition coefficient (Wildman–Crippen LogP) is 2.24. The smallest absolute Gasteiger partial charge is 0.219 e. The SMILES string of the molecule is CCc1cc(NC2CCC(N(C)C(C)=O)CC2)ncn1. The van der Waals surface area contributed by atoms with Crippen molar-refractivity contribution in [1.29, 1.82) is 0 Å². The van der Waals surface area contributed by atoms with E-state index >= 15 is 0 Å². The molecule has 0 unspecified atom stereocenters. The Kier molecular flexibility index (Phi) is 4.93. The molecule has 0 bridgehead atoms. The van der Waals surface area contributed by atoms with Crippen molar-refractivity contribution in [2.45, 2.75) is 58.0 Å². The van der Waals surface area contributed by atoms with Crippen LogP contribution in [-0.2, 0) is 11.2 Å². The Labute approximate surface area is 120 Å². The maximum Gasteiger partial charge on any atom is 0.219 e. The Balaban J connectivity index is 1.86. The van der Waals surface area contributed by atoms with E-state index in [0.29, 0.717) is 12.1 Å². The standard InChI is InChI=1S/C15H24N4O/c1-4-12-9-15(17-10-16-12)18-13-5-7-14(8-6-13)19(3)11(2)20/h9-10,13-14H,4-8H2,1-3H3,(H,16,17,18). The molecule has 1 heterocycles. The van der Waals surface area contributed by atoms with Gasteiger partial charge in [0.1, 0.15) is 12.1 Å². The molecule has 1 N–H and O–H groups in total. The first-order valence-electron chi connectivity index (χ1n) is 7.41.